The predicted octanol–water partition coefficient (Wildman–Crippen LogP) is 6.99. The van der Waals surface area contributed by atoms with Crippen molar-refractivity contribution in [3.63, 3.8) is 0 Å². The first-order valence-electron chi connectivity index (χ1n) is 11.6. The fourth-order valence-electron chi connectivity index (χ4n) is 5.34. The number of amides is 2. The third-order valence-corrected chi connectivity index (χ3v) is 7.84. The molecule has 37 heavy (non-hydrogen) atoms. The largest absolute Gasteiger partial charge is 0.416 e. The lowest BCUT2D eigenvalue weighted by molar-refractivity contribution is -0.137. The van der Waals surface area contributed by atoms with Gasteiger partial charge in [-0.25, -0.2) is 8.78 Å². The van der Waals surface area contributed by atoms with Crippen LogP contribution in [0.2, 0.25) is 5.02 Å². The summed E-state index contributed by atoms with van der Waals surface area (Å²) in [5.74, 6) is -3.03. The summed E-state index contributed by atoms with van der Waals surface area (Å²) in [7, 11) is 0. The zero-order valence-electron chi connectivity index (χ0n) is 19.0. The molecule has 0 radical (unpaired) electrons. The number of carbonyl (C=O) groups is 2. The number of hydrogen-bond donors (Lipinski definition) is 2. The fourth-order valence-corrected chi connectivity index (χ4v) is 5.57. The van der Waals surface area contributed by atoms with Gasteiger partial charge in [0.2, 0.25) is 0 Å². The lowest BCUT2D eigenvalue weighted by Gasteiger charge is -2.19. The Morgan fingerprint density at radius 1 is 1.03 bits per heavy atom. The Labute approximate surface area is 212 Å². The molecule has 3 aromatic rings. The first-order chi connectivity index (χ1) is 17.4. The van der Waals surface area contributed by atoms with Gasteiger partial charge in [0.25, 0.3) is 11.8 Å². The zero-order valence-corrected chi connectivity index (χ0v) is 19.7. The van der Waals surface area contributed by atoms with Crippen LogP contribution >= 0.6 is 11.6 Å². The van der Waals surface area contributed by atoms with Crippen LogP contribution in [0.3, 0.4) is 0 Å². The summed E-state index contributed by atoms with van der Waals surface area (Å²) in [5, 5.41) is 5.54. The van der Waals surface area contributed by atoms with E-state index in [-0.39, 0.29) is 33.2 Å². The molecule has 2 unspecified atom stereocenters. The molecule has 0 bridgehead atoms. The van der Waals surface area contributed by atoms with Gasteiger partial charge in [-0.05, 0) is 84.7 Å². The smallest absolute Gasteiger partial charge is 0.341 e. The second-order valence-electron chi connectivity index (χ2n) is 9.90. The molecule has 1 heterocycles. The number of hydrogen-bond acceptors (Lipinski definition) is 2. The Balaban J connectivity index is 1.45. The van der Waals surface area contributed by atoms with Gasteiger partial charge in [-0.3, -0.25) is 9.59 Å². The second kappa shape index (κ2) is 8.02. The van der Waals surface area contributed by atoms with Crippen LogP contribution in [0, 0.1) is 17.0 Å². The van der Waals surface area contributed by atoms with Crippen molar-refractivity contribution in [1.82, 2.24) is 5.32 Å². The highest BCUT2D eigenvalue weighted by molar-refractivity contribution is 6.31. The molecule has 190 valence electrons. The van der Waals surface area contributed by atoms with Crippen molar-refractivity contribution in [2.24, 2.45) is 5.41 Å². The molecule has 3 aromatic carbocycles. The van der Waals surface area contributed by atoms with Crippen LogP contribution in [-0.4, -0.2) is 11.8 Å². The van der Waals surface area contributed by atoms with Crippen molar-refractivity contribution in [2.45, 2.75) is 37.4 Å². The summed E-state index contributed by atoms with van der Waals surface area (Å²) in [6.45, 7) is 0. The van der Waals surface area contributed by atoms with Crippen molar-refractivity contribution in [1.29, 1.82) is 0 Å². The van der Waals surface area contributed by atoms with Gasteiger partial charge in [0.05, 0.1) is 11.6 Å². The lowest BCUT2D eigenvalue weighted by Crippen LogP contribution is -2.21. The van der Waals surface area contributed by atoms with Gasteiger partial charge in [-0.2, -0.15) is 13.2 Å². The minimum Gasteiger partial charge on any atom is -0.341 e. The number of halogens is 6. The quantitative estimate of drug-likeness (QED) is 0.356. The van der Waals surface area contributed by atoms with Crippen molar-refractivity contribution in [3.8, 4) is 0 Å². The fraction of sp³-hybridized carbons (Fsp3) is 0.259. The maximum absolute atomic E-state index is 14.1. The van der Waals surface area contributed by atoms with E-state index in [1.165, 1.54) is 18.2 Å². The van der Waals surface area contributed by atoms with E-state index >= 15 is 0 Å². The van der Waals surface area contributed by atoms with Gasteiger partial charge in [0.15, 0.2) is 0 Å². The molecule has 6 rings (SSSR count). The van der Waals surface area contributed by atoms with Gasteiger partial charge < -0.3 is 10.6 Å². The van der Waals surface area contributed by atoms with Crippen molar-refractivity contribution >= 4 is 29.1 Å². The third kappa shape index (κ3) is 4.15. The molecule has 1 spiro atoms. The minimum absolute atomic E-state index is 0.168. The van der Waals surface area contributed by atoms with E-state index in [0.717, 1.165) is 24.8 Å². The number of fused-ring (bicyclic) bond motifs is 1. The number of carbonyl (C=O) groups excluding carboxylic acids is 2. The van der Waals surface area contributed by atoms with Crippen LogP contribution in [0.25, 0.3) is 0 Å². The SMILES string of the molecule is O=C(Nc1cc(C2CC23CC3)cc2c1C(c1cc(F)ccc1Cl)NC2=O)c1cc(F)cc(C(F)(F)F)c1. The van der Waals surface area contributed by atoms with E-state index in [1.54, 1.807) is 12.1 Å². The summed E-state index contributed by atoms with van der Waals surface area (Å²) in [6.07, 6.45) is -1.78. The van der Waals surface area contributed by atoms with Gasteiger partial charge in [-0.1, -0.05) is 11.6 Å². The summed E-state index contributed by atoms with van der Waals surface area (Å²) in [6, 6.07) is 7.78. The molecule has 2 aliphatic carbocycles. The van der Waals surface area contributed by atoms with E-state index < -0.39 is 46.8 Å². The predicted molar refractivity (Wildman–Crippen MR) is 126 cm³/mol. The topological polar surface area (TPSA) is 58.2 Å². The summed E-state index contributed by atoms with van der Waals surface area (Å²) >= 11 is 6.31. The highest BCUT2D eigenvalue weighted by atomic mass is 35.5. The standard InChI is InChI=1S/C27H18ClF5N2O2/c28-20-2-1-15(29)10-17(20)23-22-18(25(37)35-23)7-12(19-11-26(19)3-4-26)8-21(22)34-24(36)13-5-14(27(31,32)33)9-16(30)6-13/h1-2,5-10,19,23H,3-4,11H2,(H,34,36)(H,35,37). The molecule has 4 nitrogen and oxygen atoms in total. The number of benzene rings is 3. The monoisotopic (exact) mass is 532 g/mol. The van der Waals surface area contributed by atoms with Crippen LogP contribution < -0.4 is 10.6 Å². The molecule has 2 saturated carbocycles. The Bertz CT molecular complexity index is 1500. The molecular weight excluding hydrogens is 515 g/mol. The number of nitrogens with one attached hydrogen (secondary N) is 2. The van der Waals surface area contributed by atoms with Crippen LogP contribution in [-0.2, 0) is 6.18 Å². The molecule has 3 aliphatic rings. The molecule has 2 atom stereocenters. The van der Waals surface area contributed by atoms with E-state index in [2.05, 4.69) is 10.6 Å². The second-order valence-corrected chi connectivity index (χ2v) is 10.3. The maximum Gasteiger partial charge on any atom is 0.416 e. The molecular formula is C27H18ClF5N2O2. The number of alkyl halides is 3. The van der Waals surface area contributed by atoms with Crippen LogP contribution in [0.1, 0.15) is 74.2 Å². The van der Waals surface area contributed by atoms with Gasteiger partial charge >= 0.3 is 6.18 Å². The van der Waals surface area contributed by atoms with E-state index in [1.807, 2.05) is 0 Å². The van der Waals surface area contributed by atoms with Crippen molar-refractivity contribution < 1.29 is 31.5 Å². The lowest BCUT2D eigenvalue weighted by atomic mass is 9.93. The van der Waals surface area contributed by atoms with Gasteiger partial charge in [0, 0.05) is 33.0 Å². The Morgan fingerprint density at radius 3 is 2.46 bits per heavy atom. The summed E-state index contributed by atoms with van der Waals surface area (Å²) in [5.41, 5.74) is 0.196. The minimum atomic E-state index is -4.85. The van der Waals surface area contributed by atoms with Crippen LogP contribution in [0.4, 0.5) is 27.6 Å². The number of rotatable bonds is 4. The number of anilines is 1. The Kier molecular flexibility index (Phi) is 5.18. The molecule has 1 aliphatic heterocycles. The van der Waals surface area contributed by atoms with Gasteiger partial charge in [-0.15, -0.1) is 0 Å². The van der Waals surface area contributed by atoms with Crippen LogP contribution in [0.15, 0.2) is 48.5 Å². The molecule has 0 saturated heterocycles. The Hall–Kier alpha value is -3.46. The zero-order chi connectivity index (χ0) is 26.3. The van der Waals surface area contributed by atoms with Gasteiger partial charge in [0.1, 0.15) is 11.6 Å². The summed E-state index contributed by atoms with van der Waals surface area (Å²) < 4.78 is 67.7. The third-order valence-electron chi connectivity index (χ3n) is 7.50. The van der Waals surface area contributed by atoms with E-state index in [0.29, 0.717) is 23.8 Å². The first kappa shape index (κ1) is 23.9. The van der Waals surface area contributed by atoms with E-state index in [9.17, 15) is 31.5 Å². The first-order valence-corrected chi connectivity index (χ1v) is 12.0. The molecule has 2 amide bonds. The Morgan fingerprint density at radius 2 is 1.78 bits per heavy atom. The normalized spacial score (nSPS) is 21.0. The summed E-state index contributed by atoms with van der Waals surface area (Å²) in [4.78, 5) is 26.1. The molecule has 10 heteroatoms. The van der Waals surface area contributed by atoms with Crippen molar-refractivity contribution in [3.05, 3.63) is 98.6 Å². The van der Waals surface area contributed by atoms with Crippen LogP contribution in [0.5, 0.6) is 0 Å². The average Bonchev–Trinajstić information content (AvgIpc) is 3.74. The molecule has 2 fully saturated rings. The van der Waals surface area contributed by atoms with Crippen molar-refractivity contribution in [2.75, 3.05) is 5.32 Å². The molecule has 0 aromatic heterocycles. The maximum atomic E-state index is 14.1. The highest BCUT2D eigenvalue weighted by Gasteiger charge is 2.63. The molecule has 2 N–H and O–H groups in total. The average molecular weight is 533 g/mol. The van der Waals surface area contributed by atoms with E-state index in [4.69, 9.17) is 11.6 Å². The highest BCUT2D eigenvalue weighted by Crippen LogP contribution is 2.75.